The van der Waals surface area contributed by atoms with E-state index in [4.69, 9.17) is 18.9 Å². The molecule has 4 aliphatic carbocycles. The fraction of sp³-hybridized carbons (Fsp3) is 0.711. The van der Waals surface area contributed by atoms with Crippen molar-refractivity contribution < 1.29 is 42.9 Å². The molecule has 11 atom stereocenters. The lowest BCUT2D eigenvalue weighted by Gasteiger charge is -2.64. The summed E-state index contributed by atoms with van der Waals surface area (Å²) < 4.78 is 22.9. The largest absolute Gasteiger partial charge is 0.465 e. The van der Waals surface area contributed by atoms with Gasteiger partial charge in [-0.3, -0.25) is 19.2 Å². The molecule has 0 heterocycles. The molecule has 0 radical (unpaired) electrons. The van der Waals surface area contributed by atoms with Crippen molar-refractivity contribution in [2.45, 2.75) is 118 Å². The maximum atomic E-state index is 13.2. The number of carbonyl (C=O) groups is 5. The summed E-state index contributed by atoms with van der Waals surface area (Å²) in [5, 5.41) is 0. The van der Waals surface area contributed by atoms with Gasteiger partial charge in [-0.2, -0.15) is 0 Å². The van der Waals surface area contributed by atoms with Crippen molar-refractivity contribution in [3.63, 3.8) is 0 Å². The van der Waals surface area contributed by atoms with E-state index in [9.17, 15) is 24.0 Å². The quantitative estimate of drug-likeness (QED) is 0.162. The molecule has 0 unspecified atom stereocenters. The van der Waals surface area contributed by atoms with Crippen LogP contribution in [0, 0.1) is 46.3 Å². The maximum absolute atomic E-state index is 13.2. The monoisotopic (exact) mass is 652 g/mol. The fourth-order valence-corrected chi connectivity index (χ4v) is 10.7. The van der Waals surface area contributed by atoms with Gasteiger partial charge in [0.1, 0.15) is 18.3 Å². The molecular weight excluding hydrogens is 600 g/mol. The number of carbonyl (C=O) groups excluding carboxylic acids is 5. The number of hydrogen-bond donors (Lipinski definition) is 0. The van der Waals surface area contributed by atoms with Gasteiger partial charge in [0.05, 0.1) is 12.7 Å². The van der Waals surface area contributed by atoms with E-state index in [1.807, 2.05) is 0 Å². The Bertz CT molecular complexity index is 1370. The molecule has 47 heavy (non-hydrogen) atoms. The fourth-order valence-electron chi connectivity index (χ4n) is 10.7. The van der Waals surface area contributed by atoms with E-state index in [0.717, 1.165) is 38.5 Å². The first kappa shape index (κ1) is 35.1. The van der Waals surface area contributed by atoms with Gasteiger partial charge in [-0.25, -0.2) is 4.79 Å². The first-order chi connectivity index (χ1) is 22.2. The summed E-state index contributed by atoms with van der Waals surface area (Å²) >= 11 is 0. The second-order valence-electron chi connectivity index (χ2n) is 15.3. The molecule has 1 aromatic carbocycles. The third kappa shape index (κ3) is 6.73. The number of benzene rings is 1. The number of rotatable bonds is 9. The molecule has 258 valence electrons. The van der Waals surface area contributed by atoms with Crippen molar-refractivity contribution in [2.75, 3.05) is 7.11 Å². The Labute approximate surface area is 278 Å². The van der Waals surface area contributed by atoms with Gasteiger partial charge < -0.3 is 18.9 Å². The van der Waals surface area contributed by atoms with Crippen LogP contribution in [-0.2, 0) is 33.3 Å². The number of hydrogen-bond acceptors (Lipinski definition) is 9. The molecule has 0 aliphatic heterocycles. The summed E-state index contributed by atoms with van der Waals surface area (Å²) in [4.78, 5) is 62.0. The summed E-state index contributed by atoms with van der Waals surface area (Å²) in [6, 6.07) is 6.58. The van der Waals surface area contributed by atoms with Gasteiger partial charge in [-0.15, -0.1) is 0 Å². The van der Waals surface area contributed by atoms with Crippen LogP contribution in [0.2, 0.25) is 0 Å². The first-order valence-corrected chi connectivity index (χ1v) is 17.4. The Hall–Kier alpha value is -3.23. The molecule has 0 spiro atoms. The van der Waals surface area contributed by atoms with Crippen LogP contribution in [0.15, 0.2) is 24.3 Å². The Morgan fingerprint density at radius 2 is 1.45 bits per heavy atom. The minimum atomic E-state index is -0.438. The molecule has 5 rings (SSSR count). The summed E-state index contributed by atoms with van der Waals surface area (Å²) in [5.41, 5.74) is 0.573. The van der Waals surface area contributed by atoms with Crippen molar-refractivity contribution in [1.29, 1.82) is 0 Å². The van der Waals surface area contributed by atoms with Crippen LogP contribution in [0.4, 0.5) is 0 Å². The van der Waals surface area contributed by atoms with Crippen LogP contribution < -0.4 is 0 Å². The van der Waals surface area contributed by atoms with Gasteiger partial charge in [0.25, 0.3) is 0 Å². The zero-order chi connectivity index (χ0) is 34.3. The second-order valence-corrected chi connectivity index (χ2v) is 15.3. The van der Waals surface area contributed by atoms with E-state index in [2.05, 4.69) is 20.8 Å². The maximum Gasteiger partial charge on any atom is 0.337 e. The molecule has 1 aromatic rings. The average molecular weight is 653 g/mol. The van der Waals surface area contributed by atoms with Gasteiger partial charge in [-0.05, 0) is 98.5 Å². The zero-order valence-corrected chi connectivity index (χ0v) is 29.0. The lowest BCUT2D eigenvalue weighted by Crippen LogP contribution is -2.63. The van der Waals surface area contributed by atoms with Crippen LogP contribution in [0.3, 0.4) is 0 Å². The van der Waals surface area contributed by atoms with Gasteiger partial charge in [0.15, 0.2) is 5.78 Å². The minimum absolute atomic E-state index is 0.0266. The van der Waals surface area contributed by atoms with E-state index in [1.165, 1.54) is 27.9 Å². The van der Waals surface area contributed by atoms with Crippen molar-refractivity contribution in [2.24, 2.45) is 46.3 Å². The van der Waals surface area contributed by atoms with Crippen molar-refractivity contribution in [3.05, 3.63) is 35.4 Å². The van der Waals surface area contributed by atoms with Crippen molar-refractivity contribution in [3.8, 4) is 0 Å². The predicted octanol–water partition coefficient (Wildman–Crippen LogP) is 6.75. The summed E-state index contributed by atoms with van der Waals surface area (Å²) in [7, 11) is 1.33. The third-order valence-corrected chi connectivity index (χ3v) is 12.9. The van der Waals surface area contributed by atoms with Gasteiger partial charge in [0.2, 0.25) is 0 Å². The molecule has 0 bridgehead atoms. The lowest BCUT2D eigenvalue weighted by atomic mass is 9.43. The molecule has 4 fully saturated rings. The Balaban J connectivity index is 1.39. The molecule has 9 heteroatoms. The van der Waals surface area contributed by atoms with E-state index in [-0.39, 0.29) is 88.3 Å². The van der Waals surface area contributed by atoms with Gasteiger partial charge in [-0.1, -0.05) is 32.9 Å². The van der Waals surface area contributed by atoms with Crippen molar-refractivity contribution >= 4 is 29.7 Å². The Morgan fingerprint density at radius 3 is 2.06 bits per heavy atom. The summed E-state index contributed by atoms with van der Waals surface area (Å²) in [6.45, 7) is 11.3. The van der Waals surface area contributed by atoms with E-state index < -0.39 is 5.97 Å². The van der Waals surface area contributed by atoms with Crippen molar-refractivity contribution in [1.82, 2.24) is 0 Å². The molecule has 0 aromatic heterocycles. The highest BCUT2D eigenvalue weighted by Gasteiger charge is 2.67. The topological polar surface area (TPSA) is 122 Å². The molecule has 0 amide bonds. The highest BCUT2D eigenvalue weighted by molar-refractivity contribution is 5.97. The number of fused-ring (bicyclic) bond motifs is 5. The number of Topliss-reactive ketones (excluding diaryl/α,β-unsaturated/α-hetero) is 1. The Morgan fingerprint density at radius 1 is 0.809 bits per heavy atom. The summed E-state index contributed by atoms with van der Waals surface area (Å²) in [5.74, 6) is -0.109. The minimum Gasteiger partial charge on any atom is -0.465 e. The number of ether oxygens (including phenoxy) is 4. The zero-order valence-electron chi connectivity index (χ0n) is 29.0. The molecule has 0 N–H and O–H groups in total. The van der Waals surface area contributed by atoms with Crippen LogP contribution in [0.1, 0.15) is 120 Å². The molecular formula is C38H52O9. The summed E-state index contributed by atoms with van der Waals surface area (Å²) in [6.07, 6.45) is 6.18. The van der Waals surface area contributed by atoms with E-state index in [0.29, 0.717) is 30.4 Å². The van der Waals surface area contributed by atoms with Crippen LogP contribution in [-0.4, -0.2) is 55.1 Å². The van der Waals surface area contributed by atoms with Crippen LogP contribution in [0.5, 0.6) is 0 Å². The van der Waals surface area contributed by atoms with E-state index in [1.54, 1.807) is 24.3 Å². The molecule has 9 nitrogen and oxygen atoms in total. The number of esters is 4. The second kappa shape index (κ2) is 13.7. The van der Waals surface area contributed by atoms with Crippen LogP contribution in [0.25, 0.3) is 0 Å². The Kier molecular flexibility index (Phi) is 10.2. The average Bonchev–Trinajstić information content (AvgIpc) is 3.37. The molecule has 4 aliphatic rings. The predicted molar refractivity (Wildman–Crippen MR) is 173 cm³/mol. The molecule has 4 saturated carbocycles. The van der Waals surface area contributed by atoms with Gasteiger partial charge >= 0.3 is 23.9 Å². The smallest absolute Gasteiger partial charge is 0.337 e. The standard InChI is InChI=1S/C38H52O9/c1-21(8-15-32(42)25-9-11-26(12-10-25)36(43)44-7)29-13-14-30-35-31(20-34(38(29,30)6)47-24(4)41)37(5)17-16-28(45-22(2)39)18-27(37)19-33(35)46-23(3)40/h9-12,21,27-31,33-35H,8,13-20H2,1-7H3/t21-,27+,28-,29-,30+,31+,33-,34+,35+,37+,38-/m1/s1. The number of ketones is 1. The van der Waals surface area contributed by atoms with E-state index >= 15 is 0 Å². The third-order valence-electron chi connectivity index (χ3n) is 12.9. The highest BCUT2D eigenvalue weighted by atomic mass is 16.6. The molecule has 0 saturated heterocycles. The lowest BCUT2D eigenvalue weighted by molar-refractivity contribution is -0.224. The highest BCUT2D eigenvalue weighted by Crippen LogP contribution is 2.69. The van der Waals surface area contributed by atoms with Gasteiger partial charge in [0, 0.05) is 44.1 Å². The normalized spacial score (nSPS) is 36.5. The SMILES string of the molecule is COC(=O)c1ccc(C(=O)CC[C@@H](C)[C@H]2CC[C@H]3[C@@H]4[C@H](OC(C)=O)C[C@@H]5C[C@H](OC(C)=O)CC[C@]5(C)[C@H]4C[C@H](OC(C)=O)[C@]23C)cc1. The van der Waals surface area contributed by atoms with Crippen LogP contribution >= 0.6 is 0 Å². The number of methoxy groups -OCH3 is 1. The first-order valence-electron chi connectivity index (χ1n) is 17.4.